The van der Waals surface area contributed by atoms with Gasteiger partial charge in [0.2, 0.25) is 5.78 Å². The molecular weight excluding hydrogens is 418 g/mol. The number of pyridine rings is 1. The van der Waals surface area contributed by atoms with E-state index in [9.17, 15) is 9.59 Å². The van der Waals surface area contributed by atoms with Crippen LogP contribution < -0.4 is 0 Å². The van der Waals surface area contributed by atoms with Crippen molar-refractivity contribution in [1.82, 2.24) is 4.40 Å². The van der Waals surface area contributed by atoms with E-state index in [4.69, 9.17) is 11.6 Å². The highest BCUT2D eigenvalue weighted by molar-refractivity contribution is 6.30. The van der Waals surface area contributed by atoms with E-state index in [2.05, 4.69) is 0 Å². The number of nitrogens with zero attached hydrogens (tertiary/aromatic N) is 1. The van der Waals surface area contributed by atoms with Crippen molar-refractivity contribution in [2.75, 3.05) is 0 Å². The lowest BCUT2D eigenvalue weighted by Crippen LogP contribution is -2.07. The Balaban J connectivity index is 1.85. The van der Waals surface area contributed by atoms with E-state index in [1.165, 1.54) is 0 Å². The Labute approximate surface area is 190 Å². The van der Waals surface area contributed by atoms with Crippen LogP contribution in [-0.2, 0) is 0 Å². The molecule has 0 radical (unpaired) electrons. The molecule has 0 saturated carbocycles. The van der Waals surface area contributed by atoms with E-state index < -0.39 is 0 Å². The van der Waals surface area contributed by atoms with Gasteiger partial charge in [0.25, 0.3) is 0 Å². The summed E-state index contributed by atoms with van der Waals surface area (Å²) >= 11 is 6.04. The van der Waals surface area contributed by atoms with Crippen molar-refractivity contribution in [2.24, 2.45) is 0 Å². The highest BCUT2D eigenvalue weighted by atomic mass is 35.5. The Morgan fingerprint density at radius 3 is 1.91 bits per heavy atom. The van der Waals surface area contributed by atoms with Gasteiger partial charge in [-0.05, 0) is 42.0 Å². The number of halogens is 1. The van der Waals surface area contributed by atoms with Crippen molar-refractivity contribution < 1.29 is 9.59 Å². The fourth-order valence-corrected chi connectivity index (χ4v) is 4.15. The second-order valence-electron chi connectivity index (χ2n) is 7.45. The number of hydrogen-bond acceptors (Lipinski definition) is 2. The largest absolute Gasteiger partial charge is 0.312 e. The van der Waals surface area contributed by atoms with Gasteiger partial charge in [-0.3, -0.25) is 9.59 Å². The number of rotatable bonds is 5. The minimum Gasteiger partial charge on any atom is -0.312 e. The normalized spacial score (nSPS) is 10.9. The van der Waals surface area contributed by atoms with Gasteiger partial charge < -0.3 is 4.40 Å². The fourth-order valence-electron chi connectivity index (χ4n) is 4.02. The Bertz CT molecular complexity index is 1440. The summed E-state index contributed by atoms with van der Waals surface area (Å²) in [4.78, 5) is 27.5. The molecular formula is C28H18ClNO2. The lowest BCUT2D eigenvalue weighted by Gasteiger charge is -2.08. The summed E-state index contributed by atoms with van der Waals surface area (Å²) in [6, 6.07) is 31.2. The molecule has 3 aromatic carbocycles. The van der Waals surface area contributed by atoms with Crippen LogP contribution in [0.1, 0.15) is 32.0 Å². The minimum absolute atomic E-state index is 0.122. The molecule has 0 aliphatic carbocycles. The van der Waals surface area contributed by atoms with Gasteiger partial charge in [-0.2, -0.15) is 0 Å². The van der Waals surface area contributed by atoms with E-state index in [1.807, 2.05) is 77.3 Å². The lowest BCUT2D eigenvalue weighted by atomic mass is 9.92. The van der Waals surface area contributed by atoms with Gasteiger partial charge in [-0.15, -0.1) is 0 Å². The molecule has 0 saturated heterocycles. The predicted molar refractivity (Wildman–Crippen MR) is 128 cm³/mol. The van der Waals surface area contributed by atoms with Gasteiger partial charge in [0.05, 0.1) is 11.1 Å². The Hall–Kier alpha value is -3.95. The maximum atomic E-state index is 13.8. The molecule has 0 amide bonds. The SMILES string of the molecule is O=C(c1ccccc1)c1c(-c2ccccc2)c(C(=O)c2ccc(Cl)cc2)n2ccccc12. The summed E-state index contributed by atoms with van der Waals surface area (Å²) in [5.41, 5.74) is 4.18. The van der Waals surface area contributed by atoms with Crippen LogP contribution >= 0.6 is 11.6 Å². The zero-order valence-corrected chi connectivity index (χ0v) is 17.8. The molecule has 4 heteroatoms. The fraction of sp³-hybridized carbons (Fsp3) is 0. The Morgan fingerprint density at radius 2 is 1.22 bits per heavy atom. The maximum absolute atomic E-state index is 13.8. The summed E-state index contributed by atoms with van der Waals surface area (Å²) < 4.78 is 1.81. The Kier molecular flexibility index (Phi) is 5.18. The first-order valence-corrected chi connectivity index (χ1v) is 10.6. The van der Waals surface area contributed by atoms with E-state index in [1.54, 1.807) is 36.4 Å². The number of hydrogen-bond donors (Lipinski definition) is 0. The van der Waals surface area contributed by atoms with Crippen LogP contribution in [0, 0.1) is 0 Å². The maximum Gasteiger partial charge on any atom is 0.210 e. The zero-order valence-electron chi connectivity index (χ0n) is 17.0. The summed E-state index contributed by atoms with van der Waals surface area (Å²) in [5.74, 6) is -0.294. The third kappa shape index (κ3) is 3.43. The predicted octanol–water partition coefficient (Wildman–Crippen LogP) is 6.72. The molecule has 2 heterocycles. The second kappa shape index (κ2) is 8.29. The van der Waals surface area contributed by atoms with Gasteiger partial charge in [0.1, 0.15) is 5.69 Å². The molecule has 2 aromatic heterocycles. The molecule has 0 spiro atoms. The van der Waals surface area contributed by atoms with Crippen molar-refractivity contribution in [1.29, 1.82) is 0 Å². The second-order valence-corrected chi connectivity index (χ2v) is 7.89. The van der Waals surface area contributed by atoms with Crippen molar-refractivity contribution in [3.8, 4) is 11.1 Å². The van der Waals surface area contributed by atoms with Crippen LogP contribution in [0.5, 0.6) is 0 Å². The van der Waals surface area contributed by atoms with E-state index in [0.29, 0.717) is 38.5 Å². The molecule has 0 bridgehead atoms. The van der Waals surface area contributed by atoms with Crippen LogP contribution in [0.25, 0.3) is 16.6 Å². The van der Waals surface area contributed by atoms with Gasteiger partial charge in [0, 0.05) is 27.9 Å². The molecule has 0 N–H and O–H groups in total. The summed E-state index contributed by atoms with van der Waals surface area (Å²) in [6.07, 6.45) is 1.83. The highest BCUT2D eigenvalue weighted by Gasteiger charge is 2.29. The summed E-state index contributed by atoms with van der Waals surface area (Å²) in [5, 5.41) is 0.560. The number of aromatic nitrogens is 1. The number of fused-ring (bicyclic) bond motifs is 1. The van der Waals surface area contributed by atoms with Crippen LogP contribution in [0.2, 0.25) is 5.02 Å². The third-order valence-corrected chi connectivity index (χ3v) is 5.74. The standard InChI is InChI=1S/C28H18ClNO2/c29-22-16-14-21(15-17-22)28(32)26-24(19-9-3-1-4-10-19)25(23-13-7-8-18-30(23)26)27(31)20-11-5-2-6-12-20/h1-18H. The van der Waals surface area contributed by atoms with Crippen LogP contribution in [-0.4, -0.2) is 16.0 Å². The number of carbonyl (C=O) groups excluding carboxylic acids is 2. The van der Waals surface area contributed by atoms with Gasteiger partial charge >= 0.3 is 0 Å². The third-order valence-electron chi connectivity index (χ3n) is 5.49. The number of carbonyl (C=O) groups is 2. The van der Waals surface area contributed by atoms with E-state index in [-0.39, 0.29) is 11.6 Å². The molecule has 0 atom stereocenters. The van der Waals surface area contributed by atoms with Gasteiger partial charge in [-0.25, -0.2) is 0 Å². The number of benzene rings is 3. The first-order valence-electron chi connectivity index (χ1n) is 10.2. The van der Waals surface area contributed by atoms with Gasteiger partial charge in [0.15, 0.2) is 5.78 Å². The quantitative estimate of drug-likeness (QED) is 0.287. The van der Waals surface area contributed by atoms with Crippen molar-refractivity contribution >= 4 is 28.7 Å². The molecule has 32 heavy (non-hydrogen) atoms. The summed E-state index contributed by atoms with van der Waals surface area (Å²) in [6.45, 7) is 0. The first-order chi connectivity index (χ1) is 15.6. The molecule has 154 valence electrons. The molecule has 0 aliphatic heterocycles. The monoisotopic (exact) mass is 435 g/mol. The van der Waals surface area contributed by atoms with Gasteiger partial charge in [-0.1, -0.05) is 78.3 Å². The molecule has 0 aliphatic rings. The van der Waals surface area contributed by atoms with E-state index >= 15 is 0 Å². The van der Waals surface area contributed by atoms with Crippen molar-refractivity contribution in [3.63, 3.8) is 0 Å². The number of ketones is 2. The van der Waals surface area contributed by atoms with Crippen LogP contribution in [0.4, 0.5) is 0 Å². The molecule has 0 unspecified atom stereocenters. The van der Waals surface area contributed by atoms with Crippen molar-refractivity contribution in [2.45, 2.75) is 0 Å². The lowest BCUT2D eigenvalue weighted by molar-refractivity contribution is 0.103. The highest BCUT2D eigenvalue weighted by Crippen LogP contribution is 2.36. The van der Waals surface area contributed by atoms with Crippen LogP contribution in [0.3, 0.4) is 0 Å². The zero-order chi connectivity index (χ0) is 22.1. The molecule has 0 fully saturated rings. The molecule has 3 nitrogen and oxygen atoms in total. The summed E-state index contributed by atoms with van der Waals surface area (Å²) in [7, 11) is 0. The average Bonchev–Trinajstić information content (AvgIpc) is 3.20. The topological polar surface area (TPSA) is 38.5 Å². The smallest absolute Gasteiger partial charge is 0.210 e. The van der Waals surface area contributed by atoms with Crippen molar-refractivity contribution in [3.05, 3.63) is 137 Å². The van der Waals surface area contributed by atoms with E-state index in [0.717, 1.165) is 5.56 Å². The minimum atomic E-state index is -0.172. The Morgan fingerprint density at radius 1 is 0.625 bits per heavy atom. The van der Waals surface area contributed by atoms with Crippen LogP contribution in [0.15, 0.2) is 109 Å². The molecule has 5 rings (SSSR count). The average molecular weight is 436 g/mol. The first kappa shape index (κ1) is 20.0. The molecule has 5 aromatic rings.